The van der Waals surface area contributed by atoms with Crippen LogP contribution in [0.1, 0.15) is 37.8 Å². The number of carbonyl (C=O) groups excluding carboxylic acids is 1. The molecule has 2 atom stereocenters. The van der Waals surface area contributed by atoms with E-state index < -0.39 is 12.0 Å². The van der Waals surface area contributed by atoms with Crippen LogP contribution >= 0.6 is 25.3 Å². The molecule has 22 heavy (non-hydrogen) atoms. The van der Waals surface area contributed by atoms with E-state index in [2.05, 4.69) is 40.5 Å². The summed E-state index contributed by atoms with van der Waals surface area (Å²) < 4.78 is 0. The Kier molecular flexibility index (Phi) is 9.07. The molecule has 0 bridgehead atoms. The van der Waals surface area contributed by atoms with E-state index >= 15 is 0 Å². The van der Waals surface area contributed by atoms with Gasteiger partial charge in [0.25, 0.3) is 0 Å². The fourth-order valence-corrected chi connectivity index (χ4v) is 2.87. The predicted octanol–water partition coefficient (Wildman–Crippen LogP) is 1.70. The molecule has 124 valence electrons. The van der Waals surface area contributed by atoms with Crippen molar-refractivity contribution in [2.75, 3.05) is 5.75 Å². The number of aliphatic carboxylic acids is 1. The van der Waals surface area contributed by atoms with E-state index in [1.165, 1.54) is 6.33 Å². The number of hydrogen-bond acceptors (Lipinski definition) is 5. The van der Waals surface area contributed by atoms with Crippen LogP contribution in [0.5, 0.6) is 0 Å². The van der Waals surface area contributed by atoms with Crippen LogP contribution < -0.4 is 5.32 Å². The van der Waals surface area contributed by atoms with Crippen LogP contribution in [0, 0.1) is 0 Å². The monoisotopic (exact) mass is 345 g/mol. The molecule has 0 aliphatic heterocycles. The number of nitrogens with one attached hydrogen (secondary N) is 2. The van der Waals surface area contributed by atoms with Crippen molar-refractivity contribution in [3.05, 3.63) is 18.2 Å². The lowest BCUT2D eigenvalue weighted by Crippen LogP contribution is -2.42. The largest absolute Gasteiger partial charge is 0.480 e. The Bertz CT molecular complexity index is 454. The SMILES string of the molecule is O=C(CCCCC(S)CCS)N[C@@H](Cc1cnc[nH]1)C(=O)O. The van der Waals surface area contributed by atoms with E-state index in [1.807, 2.05) is 0 Å². The Morgan fingerprint density at radius 1 is 1.36 bits per heavy atom. The number of carboxylic acid groups (broad SMARTS) is 1. The summed E-state index contributed by atoms with van der Waals surface area (Å²) in [6.45, 7) is 0. The molecule has 0 saturated heterocycles. The van der Waals surface area contributed by atoms with Crippen LogP contribution in [-0.2, 0) is 16.0 Å². The van der Waals surface area contributed by atoms with Crippen LogP contribution in [-0.4, -0.2) is 44.0 Å². The van der Waals surface area contributed by atoms with Crippen LogP contribution in [0.15, 0.2) is 12.5 Å². The number of thiol groups is 2. The van der Waals surface area contributed by atoms with Gasteiger partial charge < -0.3 is 15.4 Å². The van der Waals surface area contributed by atoms with E-state index in [-0.39, 0.29) is 12.3 Å². The first kappa shape index (κ1) is 18.9. The number of amides is 1. The normalized spacial score (nSPS) is 13.5. The summed E-state index contributed by atoms with van der Waals surface area (Å²) in [6, 6.07) is -0.935. The van der Waals surface area contributed by atoms with Gasteiger partial charge in [0, 0.05) is 30.0 Å². The first-order chi connectivity index (χ1) is 10.5. The molecule has 1 amide bonds. The number of rotatable bonds is 11. The van der Waals surface area contributed by atoms with Gasteiger partial charge in [0.15, 0.2) is 0 Å². The van der Waals surface area contributed by atoms with Gasteiger partial charge in [-0.05, 0) is 25.0 Å². The number of nitrogens with zero attached hydrogens (tertiary/aromatic N) is 1. The molecule has 0 aliphatic rings. The molecule has 0 spiro atoms. The lowest BCUT2D eigenvalue weighted by Gasteiger charge is -2.14. The molecule has 8 heteroatoms. The Hall–Kier alpha value is -1.15. The molecular formula is C14H23N3O3S2. The minimum atomic E-state index is -1.05. The average molecular weight is 345 g/mol. The lowest BCUT2D eigenvalue weighted by molar-refractivity contribution is -0.141. The number of carboxylic acids is 1. The van der Waals surface area contributed by atoms with Gasteiger partial charge in [0.2, 0.25) is 5.91 Å². The first-order valence-electron chi connectivity index (χ1n) is 7.31. The van der Waals surface area contributed by atoms with Gasteiger partial charge in [-0.15, -0.1) is 0 Å². The summed E-state index contributed by atoms with van der Waals surface area (Å²) in [5, 5.41) is 12.0. The number of aromatic amines is 1. The first-order valence-corrected chi connectivity index (χ1v) is 8.46. The maximum Gasteiger partial charge on any atom is 0.326 e. The molecule has 1 aromatic rings. The van der Waals surface area contributed by atoms with Crippen LogP contribution in [0.3, 0.4) is 0 Å². The van der Waals surface area contributed by atoms with E-state index in [0.29, 0.717) is 17.4 Å². The third kappa shape index (κ3) is 7.74. The maximum absolute atomic E-state index is 11.8. The van der Waals surface area contributed by atoms with Crippen molar-refractivity contribution in [1.29, 1.82) is 0 Å². The van der Waals surface area contributed by atoms with Gasteiger partial charge in [0.1, 0.15) is 6.04 Å². The molecular weight excluding hydrogens is 322 g/mol. The molecule has 6 nitrogen and oxygen atoms in total. The van der Waals surface area contributed by atoms with E-state index in [9.17, 15) is 9.59 Å². The van der Waals surface area contributed by atoms with E-state index in [1.54, 1.807) is 6.20 Å². The number of aromatic nitrogens is 2. The number of carbonyl (C=O) groups is 2. The van der Waals surface area contributed by atoms with Crippen molar-refractivity contribution >= 4 is 37.1 Å². The lowest BCUT2D eigenvalue weighted by atomic mass is 10.1. The molecule has 0 aromatic carbocycles. The van der Waals surface area contributed by atoms with Gasteiger partial charge in [0.05, 0.1) is 6.33 Å². The van der Waals surface area contributed by atoms with Gasteiger partial charge in [-0.3, -0.25) is 4.79 Å². The molecule has 0 fully saturated rings. The van der Waals surface area contributed by atoms with Crippen molar-refractivity contribution < 1.29 is 14.7 Å². The van der Waals surface area contributed by atoms with Crippen molar-refractivity contribution in [3.63, 3.8) is 0 Å². The third-order valence-electron chi connectivity index (χ3n) is 3.27. The van der Waals surface area contributed by atoms with Crippen LogP contribution in [0.2, 0.25) is 0 Å². The van der Waals surface area contributed by atoms with Crippen molar-refractivity contribution in [2.24, 2.45) is 0 Å². The fourth-order valence-electron chi connectivity index (χ4n) is 2.04. The van der Waals surface area contributed by atoms with Gasteiger partial charge >= 0.3 is 5.97 Å². The molecule has 0 aliphatic carbocycles. The summed E-state index contributed by atoms with van der Waals surface area (Å²) in [7, 11) is 0. The highest BCUT2D eigenvalue weighted by molar-refractivity contribution is 7.81. The number of unbranched alkanes of at least 4 members (excludes halogenated alkanes) is 1. The highest BCUT2D eigenvalue weighted by atomic mass is 32.1. The fraction of sp³-hybridized carbons (Fsp3) is 0.643. The maximum atomic E-state index is 11.8. The highest BCUT2D eigenvalue weighted by Crippen LogP contribution is 2.12. The summed E-state index contributed by atoms with van der Waals surface area (Å²) in [5.41, 5.74) is 0.678. The molecule has 1 unspecified atom stereocenters. The van der Waals surface area contributed by atoms with Crippen molar-refractivity contribution in [1.82, 2.24) is 15.3 Å². The number of H-pyrrole nitrogens is 1. The van der Waals surface area contributed by atoms with E-state index in [0.717, 1.165) is 31.4 Å². The quantitative estimate of drug-likeness (QED) is 0.312. The second-order valence-electron chi connectivity index (χ2n) is 5.15. The third-order valence-corrected chi connectivity index (χ3v) is 4.04. The summed E-state index contributed by atoms with van der Waals surface area (Å²) >= 11 is 8.58. The molecule has 0 radical (unpaired) electrons. The summed E-state index contributed by atoms with van der Waals surface area (Å²) in [4.78, 5) is 29.7. The summed E-state index contributed by atoms with van der Waals surface area (Å²) in [5.74, 6) is -0.480. The standard InChI is InChI=1S/C14H23N3O3S2/c18-13(4-2-1-3-11(22)5-6-21)17-12(14(19)20)7-10-8-15-9-16-10/h8-9,11-12,21-22H,1-7H2,(H,15,16)(H,17,18)(H,19,20)/t11?,12-/m0/s1. The van der Waals surface area contributed by atoms with E-state index in [4.69, 9.17) is 5.11 Å². The Morgan fingerprint density at radius 2 is 2.14 bits per heavy atom. The minimum Gasteiger partial charge on any atom is -0.480 e. The average Bonchev–Trinajstić information content (AvgIpc) is 2.96. The Labute approximate surface area is 141 Å². The van der Waals surface area contributed by atoms with Gasteiger partial charge in [-0.1, -0.05) is 6.42 Å². The summed E-state index contributed by atoms with van der Waals surface area (Å²) in [6.07, 6.45) is 7.07. The minimum absolute atomic E-state index is 0.196. The highest BCUT2D eigenvalue weighted by Gasteiger charge is 2.20. The molecule has 1 aromatic heterocycles. The van der Waals surface area contributed by atoms with Crippen molar-refractivity contribution in [3.8, 4) is 0 Å². The molecule has 1 rings (SSSR count). The number of hydrogen-bond donors (Lipinski definition) is 5. The van der Waals surface area contributed by atoms with Crippen LogP contribution in [0.4, 0.5) is 0 Å². The van der Waals surface area contributed by atoms with Gasteiger partial charge in [-0.25, -0.2) is 9.78 Å². The van der Waals surface area contributed by atoms with Crippen molar-refractivity contribution in [2.45, 2.75) is 49.8 Å². The number of imidazole rings is 1. The molecule has 1 heterocycles. The van der Waals surface area contributed by atoms with Gasteiger partial charge in [-0.2, -0.15) is 25.3 Å². The molecule has 3 N–H and O–H groups in total. The predicted molar refractivity (Wildman–Crippen MR) is 91.6 cm³/mol. The zero-order chi connectivity index (χ0) is 16.4. The Morgan fingerprint density at radius 3 is 2.73 bits per heavy atom. The second-order valence-corrected chi connectivity index (χ2v) is 6.33. The Balaban J connectivity index is 2.27. The second kappa shape index (κ2) is 10.6. The smallest absolute Gasteiger partial charge is 0.326 e. The molecule has 0 saturated carbocycles. The topological polar surface area (TPSA) is 95.1 Å². The zero-order valence-electron chi connectivity index (χ0n) is 12.4. The zero-order valence-corrected chi connectivity index (χ0v) is 14.2. The van der Waals surface area contributed by atoms with Crippen LogP contribution in [0.25, 0.3) is 0 Å².